The van der Waals surface area contributed by atoms with E-state index in [-0.39, 0.29) is 18.2 Å². The molecule has 0 N–H and O–H groups in total. The van der Waals surface area contributed by atoms with Crippen LogP contribution >= 0.6 is 0 Å². The van der Waals surface area contributed by atoms with Gasteiger partial charge in [0.25, 0.3) is 5.69 Å². The molecule has 0 spiro atoms. The molecule has 0 saturated heterocycles. The fraction of sp³-hybridized carbons (Fsp3) is 0.188. The second-order valence-corrected chi connectivity index (χ2v) is 5.00. The van der Waals surface area contributed by atoms with Gasteiger partial charge in [0.05, 0.1) is 11.0 Å². The van der Waals surface area contributed by atoms with E-state index in [1.165, 1.54) is 12.1 Å². The molecule has 0 atom stereocenters. The zero-order chi connectivity index (χ0) is 15.7. The quantitative estimate of drug-likeness (QED) is 0.492. The van der Waals surface area contributed by atoms with Crippen molar-refractivity contribution in [1.29, 1.82) is 0 Å². The molecule has 1 aliphatic heterocycles. The largest absolute Gasteiger partial charge is 0.454 e. The van der Waals surface area contributed by atoms with Crippen LogP contribution in [-0.2, 0) is 0 Å². The smallest absolute Gasteiger partial charge is 0.298 e. The summed E-state index contributed by atoms with van der Waals surface area (Å²) in [7, 11) is 0. The maximum Gasteiger partial charge on any atom is 0.298 e. The van der Waals surface area contributed by atoms with E-state index in [2.05, 4.69) is 4.99 Å². The normalized spacial score (nSPS) is 12.8. The summed E-state index contributed by atoms with van der Waals surface area (Å²) in [5.41, 5.74) is 3.30. The zero-order valence-corrected chi connectivity index (χ0v) is 12.2. The Kier molecular flexibility index (Phi) is 3.50. The summed E-state index contributed by atoms with van der Waals surface area (Å²) in [4.78, 5) is 15.0. The first-order valence-electron chi connectivity index (χ1n) is 6.74. The monoisotopic (exact) mass is 298 g/mol. The average Bonchev–Trinajstić information content (AvgIpc) is 2.95. The van der Waals surface area contributed by atoms with Crippen molar-refractivity contribution < 1.29 is 14.4 Å². The molecule has 112 valence electrons. The minimum atomic E-state index is -0.474. The van der Waals surface area contributed by atoms with Gasteiger partial charge in [0.15, 0.2) is 11.5 Å². The number of hydrogen-bond acceptors (Lipinski definition) is 5. The van der Waals surface area contributed by atoms with Gasteiger partial charge in [-0.2, -0.15) is 0 Å². The Morgan fingerprint density at radius 3 is 2.68 bits per heavy atom. The van der Waals surface area contributed by atoms with Gasteiger partial charge in [-0.3, -0.25) is 10.1 Å². The van der Waals surface area contributed by atoms with Crippen LogP contribution < -0.4 is 9.47 Å². The first-order chi connectivity index (χ1) is 10.6. The fourth-order valence-corrected chi connectivity index (χ4v) is 2.22. The van der Waals surface area contributed by atoms with Gasteiger partial charge in [-0.25, -0.2) is 4.99 Å². The van der Waals surface area contributed by atoms with Gasteiger partial charge < -0.3 is 9.47 Å². The molecule has 0 fully saturated rings. The minimum absolute atomic E-state index is 0.0661. The summed E-state index contributed by atoms with van der Waals surface area (Å²) in [6, 6.07) is 8.73. The van der Waals surface area contributed by atoms with Gasteiger partial charge in [0, 0.05) is 12.3 Å². The van der Waals surface area contributed by atoms with E-state index in [0.29, 0.717) is 11.5 Å². The second kappa shape index (κ2) is 5.48. The summed E-state index contributed by atoms with van der Waals surface area (Å²) in [5.74, 6) is 0.844. The molecule has 2 aromatic carbocycles. The number of nitro benzene ring substituents is 1. The van der Waals surface area contributed by atoms with Crippen molar-refractivity contribution in [2.45, 2.75) is 13.8 Å². The van der Waals surface area contributed by atoms with Crippen LogP contribution in [0.3, 0.4) is 0 Å². The Hall–Kier alpha value is -2.89. The molecule has 0 unspecified atom stereocenters. The standard InChI is InChI=1S/C16H14N2O4/c1-10-4-3-5-12(11(10)2)8-17-13-6-15-16(22-9-21-15)7-14(13)18(19)20/h3-8H,9H2,1-2H3. The first kappa shape index (κ1) is 14.1. The molecule has 0 bridgehead atoms. The molecular formula is C16H14N2O4. The van der Waals surface area contributed by atoms with Crippen LogP contribution in [0.5, 0.6) is 11.5 Å². The number of rotatable bonds is 3. The number of ether oxygens (including phenoxy) is 2. The highest BCUT2D eigenvalue weighted by atomic mass is 16.7. The predicted molar refractivity (Wildman–Crippen MR) is 82.4 cm³/mol. The van der Waals surface area contributed by atoms with E-state index in [4.69, 9.17) is 9.47 Å². The number of nitrogens with zero attached hydrogens (tertiary/aromatic N) is 2. The van der Waals surface area contributed by atoms with Crippen LogP contribution in [-0.4, -0.2) is 17.9 Å². The second-order valence-electron chi connectivity index (χ2n) is 5.00. The summed E-state index contributed by atoms with van der Waals surface area (Å²) in [6.07, 6.45) is 1.63. The van der Waals surface area contributed by atoms with E-state index >= 15 is 0 Å². The van der Waals surface area contributed by atoms with E-state index < -0.39 is 4.92 Å². The lowest BCUT2D eigenvalue weighted by Gasteiger charge is -2.04. The number of nitro groups is 1. The molecule has 3 rings (SSSR count). The van der Waals surface area contributed by atoms with Crippen molar-refractivity contribution >= 4 is 17.6 Å². The lowest BCUT2D eigenvalue weighted by Crippen LogP contribution is -1.93. The maximum atomic E-state index is 11.2. The van der Waals surface area contributed by atoms with Gasteiger partial charge in [0.2, 0.25) is 6.79 Å². The van der Waals surface area contributed by atoms with Crippen LogP contribution in [0.15, 0.2) is 35.3 Å². The minimum Gasteiger partial charge on any atom is -0.454 e. The topological polar surface area (TPSA) is 74.0 Å². The Bertz CT molecular complexity index is 784. The molecule has 6 heteroatoms. The van der Waals surface area contributed by atoms with Gasteiger partial charge in [-0.15, -0.1) is 0 Å². The molecule has 0 amide bonds. The van der Waals surface area contributed by atoms with Crippen LogP contribution in [0.4, 0.5) is 11.4 Å². The number of benzene rings is 2. The van der Waals surface area contributed by atoms with Crippen molar-refractivity contribution in [2.75, 3.05) is 6.79 Å². The highest BCUT2D eigenvalue weighted by Crippen LogP contribution is 2.41. The van der Waals surface area contributed by atoms with Gasteiger partial charge in [0.1, 0.15) is 5.69 Å². The average molecular weight is 298 g/mol. The third-order valence-electron chi connectivity index (χ3n) is 3.66. The van der Waals surface area contributed by atoms with E-state index in [9.17, 15) is 10.1 Å². The lowest BCUT2D eigenvalue weighted by atomic mass is 10.0. The molecule has 0 aromatic heterocycles. The highest BCUT2D eigenvalue weighted by molar-refractivity contribution is 5.85. The van der Waals surface area contributed by atoms with Crippen LogP contribution in [0.2, 0.25) is 0 Å². The molecule has 0 radical (unpaired) electrons. The Labute approximate surface area is 127 Å². The van der Waals surface area contributed by atoms with E-state index in [0.717, 1.165) is 16.7 Å². The van der Waals surface area contributed by atoms with E-state index in [1.807, 2.05) is 32.0 Å². The van der Waals surface area contributed by atoms with Gasteiger partial charge in [-0.05, 0) is 30.5 Å². The molecular weight excluding hydrogens is 284 g/mol. The third kappa shape index (κ3) is 2.50. The molecule has 0 saturated carbocycles. The van der Waals surface area contributed by atoms with Crippen molar-refractivity contribution in [2.24, 2.45) is 4.99 Å². The summed E-state index contributed by atoms with van der Waals surface area (Å²) in [5, 5.41) is 11.2. The van der Waals surface area contributed by atoms with Crippen molar-refractivity contribution in [3.05, 3.63) is 57.1 Å². The third-order valence-corrected chi connectivity index (χ3v) is 3.66. The van der Waals surface area contributed by atoms with Crippen LogP contribution in [0.1, 0.15) is 16.7 Å². The van der Waals surface area contributed by atoms with Crippen LogP contribution in [0.25, 0.3) is 0 Å². The molecule has 22 heavy (non-hydrogen) atoms. The lowest BCUT2D eigenvalue weighted by molar-refractivity contribution is -0.384. The molecule has 6 nitrogen and oxygen atoms in total. The summed E-state index contributed by atoms with van der Waals surface area (Å²) >= 11 is 0. The van der Waals surface area contributed by atoms with Gasteiger partial charge in [-0.1, -0.05) is 18.2 Å². The SMILES string of the molecule is Cc1cccc(C=Nc2cc3c(cc2[N+](=O)[O-])OCO3)c1C. The fourth-order valence-electron chi connectivity index (χ4n) is 2.22. The summed E-state index contributed by atoms with van der Waals surface area (Å²) in [6.45, 7) is 4.07. The van der Waals surface area contributed by atoms with Crippen molar-refractivity contribution in [1.82, 2.24) is 0 Å². The summed E-state index contributed by atoms with van der Waals surface area (Å²) < 4.78 is 10.4. The van der Waals surface area contributed by atoms with Gasteiger partial charge >= 0.3 is 0 Å². The number of aryl methyl sites for hydroxylation is 1. The van der Waals surface area contributed by atoms with E-state index in [1.54, 1.807) is 6.21 Å². The number of fused-ring (bicyclic) bond motifs is 1. The predicted octanol–water partition coefficient (Wildman–Crippen LogP) is 3.69. The Morgan fingerprint density at radius 2 is 1.95 bits per heavy atom. The van der Waals surface area contributed by atoms with Crippen molar-refractivity contribution in [3.63, 3.8) is 0 Å². The Morgan fingerprint density at radius 1 is 1.23 bits per heavy atom. The Balaban J connectivity index is 2.03. The maximum absolute atomic E-state index is 11.2. The highest BCUT2D eigenvalue weighted by Gasteiger charge is 2.22. The molecule has 2 aromatic rings. The molecule has 1 aliphatic rings. The van der Waals surface area contributed by atoms with Crippen molar-refractivity contribution in [3.8, 4) is 11.5 Å². The van der Waals surface area contributed by atoms with Crippen LogP contribution in [0, 0.1) is 24.0 Å². The number of hydrogen-bond donors (Lipinski definition) is 0. The molecule has 0 aliphatic carbocycles. The first-order valence-corrected chi connectivity index (χ1v) is 6.74. The zero-order valence-electron chi connectivity index (χ0n) is 12.2. The number of aliphatic imine (C=N–C) groups is 1. The molecule has 1 heterocycles.